The fraction of sp³-hybridized carbons (Fsp3) is 0.421. The van der Waals surface area contributed by atoms with E-state index in [1.165, 1.54) is 12.1 Å². The van der Waals surface area contributed by atoms with Crippen LogP contribution in [0.25, 0.3) is 0 Å². The van der Waals surface area contributed by atoms with Crippen LogP contribution in [-0.2, 0) is 20.7 Å². The van der Waals surface area contributed by atoms with Gasteiger partial charge in [0.15, 0.2) is 0 Å². The van der Waals surface area contributed by atoms with Crippen molar-refractivity contribution < 1.29 is 29.3 Å². The first kappa shape index (κ1) is 21.8. The number of terminal acetylenes is 1. The van der Waals surface area contributed by atoms with Crippen LogP contribution in [-0.4, -0.2) is 45.9 Å². The number of carboxylic acid groups (broad SMARTS) is 1. The zero-order chi connectivity index (χ0) is 20.6. The molecule has 2 atom stereocenters. The van der Waals surface area contributed by atoms with E-state index in [1.807, 2.05) is 0 Å². The van der Waals surface area contributed by atoms with Gasteiger partial charge < -0.3 is 25.6 Å². The summed E-state index contributed by atoms with van der Waals surface area (Å²) in [5, 5.41) is 23.4. The van der Waals surface area contributed by atoms with Crippen LogP contribution in [0.5, 0.6) is 5.75 Å². The lowest BCUT2D eigenvalue weighted by atomic mass is 10.0. The van der Waals surface area contributed by atoms with Crippen molar-refractivity contribution in [2.45, 2.75) is 51.3 Å². The Morgan fingerprint density at radius 1 is 1.15 bits per heavy atom. The Kier molecular flexibility index (Phi) is 7.66. The number of rotatable bonds is 7. The Morgan fingerprint density at radius 2 is 1.74 bits per heavy atom. The Morgan fingerprint density at radius 3 is 2.22 bits per heavy atom. The summed E-state index contributed by atoms with van der Waals surface area (Å²) in [6.45, 7) is 5.00. The standard InChI is InChI=1S/C19H24N2O6/c1-5-6-14(21-18(26)27-19(2,3)4)16(23)20-15(17(24)25)11-12-7-9-13(22)10-8-12/h1,7-10,14-15,22H,6,11H2,2-4H3,(H,20,23)(H,21,26)(H,24,25)/t14?,15-/m0/s1. The van der Waals surface area contributed by atoms with Crippen LogP contribution < -0.4 is 10.6 Å². The van der Waals surface area contributed by atoms with E-state index in [4.69, 9.17) is 11.2 Å². The van der Waals surface area contributed by atoms with Crippen molar-refractivity contribution in [3.63, 3.8) is 0 Å². The van der Waals surface area contributed by atoms with Crippen LogP contribution >= 0.6 is 0 Å². The smallest absolute Gasteiger partial charge is 0.408 e. The fourth-order valence-corrected chi connectivity index (χ4v) is 2.12. The molecule has 8 nitrogen and oxygen atoms in total. The third-order valence-corrected chi connectivity index (χ3v) is 3.32. The van der Waals surface area contributed by atoms with Crippen molar-refractivity contribution in [3.05, 3.63) is 29.8 Å². The molecule has 0 fully saturated rings. The number of aromatic hydroxyl groups is 1. The van der Waals surface area contributed by atoms with Crippen LogP contribution in [0.3, 0.4) is 0 Å². The Hall–Kier alpha value is -3.21. The van der Waals surface area contributed by atoms with Gasteiger partial charge in [0.1, 0.15) is 23.4 Å². The molecule has 0 bridgehead atoms. The predicted octanol–water partition coefficient (Wildman–Crippen LogP) is 1.42. The first-order valence-electron chi connectivity index (χ1n) is 8.26. The molecule has 8 heteroatoms. The third-order valence-electron chi connectivity index (χ3n) is 3.32. The summed E-state index contributed by atoms with van der Waals surface area (Å²) in [4.78, 5) is 35.8. The normalized spacial score (nSPS) is 13.0. The molecule has 0 saturated carbocycles. The van der Waals surface area contributed by atoms with Crippen molar-refractivity contribution in [3.8, 4) is 18.1 Å². The molecule has 0 aliphatic carbocycles. The van der Waals surface area contributed by atoms with Crippen molar-refractivity contribution in [1.29, 1.82) is 0 Å². The molecular weight excluding hydrogens is 352 g/mol. The minimum atomic E-state index is -1.24. The number of benzene rings is 1. The van der Waals surface area contributed by atoms with Gasteiger partial charge in [0, 0.05) is 12.8 Å². The number of phenolic OH excluding ortho intramolecular Hbond substituents is 1. The number of amides is 2. The van der Waals surface area contributed by atoms with E-state index in [0.29, 0.717) is 5.56 Å². The topological polar surface area (TPSA) is 125 Å². The van der Waals surface area contributed by atoms with Gasteiger partial charge in [-0.05, 0) is 38.5 Å². The average molecular weight is 376 g/mol. The highest BCUT2D eigenvalue weighted by atomic mass is 16.6. The molecule has 1 aromatic carbocycles. The van der Waals surface area contributed by atoms with Crippen molar-refractivity contribution in [2.24, 2.45) is 0 Å². The summed E-state index contributed by atoms with van der Waals surface area (Å²) < 4.78 is 5.09. The SMILES string of the molecule is C#CCC(NC(=O)OC(C)(C)C)C(=O)N[C@@H](Cc1ccc(O)cc1)C(=O)O. The van der Waals surface area contributed by atoms with Crippen LogP contribution in [0, 0.1) is 12.3 Å². The Balaban J connectivity index is 2.80. The van der Waals surface area contributed by atoms with Crippen molar-refractivity contribution >= 4 is 18.0 Å². The van der Waals surface area contributed by atoms with Crippen LogP contribution in [0.15, 0.2) is 24.3 Å². The molecule has 0 saturated heterocycles. The Labute approximate surface area is 157 Å². The van der Waals surface area contributed by atoms with E-state index in [-0.39, 0.29) is 18.6 Å². The van der Waals surface area contributed by atoms with Crippen molar-refractivity contribution in [2.75, 3.05) is 0 Å². The fourth-order valence-electron chi connectivity index (χ4n) is 2.12. The second-order valence-corrected chi connectivity index (χ2v) is 6.88. The number of nitrogens with one attached hydrogen (secondary N) is 2. The quantitative estimate of drug-likeness (QED) is 0.534. The molecule has 0 aliphatic rings. The molecule has 0 radical (unpaired) electrons. The molecule has 0 heterocycles. The Bertz CT molecular complexity index is 715. The molecule has 0 aliphatic heterocycles. The highest BCUT2D eigenvalue weighted by Crippen LogP contribution is 2.12. The van der Waals surface area contributed by atoms with E-state index in [0.717, 1.165) is 0 Å². The maximum Gasteiger partial charge on any atom is 0.408 e. The maximum absolute atomic E-state index is 12.4. The predicted molar refractivity (Wildman–Crippen MR) is 98.0 cm³/mol. The summed E-state index contributed by atoms with van der Waals surface area (Å²) in [5.41, 5.74) is -0.155. The van der Waals surface area contributed by atoms with Gasteiger partial charge in [0.2, 0.25) is 5.91 Å². The molecule has 0 aromatic heterocycles. The number of ether oxygens (including phenoxy) is 1. The second-order valence-electron chi connectivity index (χ2n) is 6.88. The molecule has 1 unspecified atom stereocenters. The number of carboxylic acids is 1. The minimum absolute atomic E-state index is 0.00341. The second kappa shape index (κ2) is 9.48. The summed E-state index contributed by atoms with van der Waals surface area (Å²) in [5.74, 6) is 0.342. The van der Waals surface area contributed by atoms with Gasteiger partial charge in [-0.3, -0.25) is 4.79 Å². The summed E-state index contributed by atoms with van der Waals surface area (Å²) in [6, 6.07) is 3.57. The summed E-state index contributed by atoms with van der Waals surface area (Å²) in [6.07, 6.45) is 4.27. The summed E-state index contributed by atoms with van der Waals surface area (Å²) in [7, 11) is 0. The average Bonchev–Trinajstić information content (AvgIpc) is 2.53. The summed E-state index contributed by atoms with van der Waals surface area (Å²) >= 11 is 0. The van der Waals surface area contributed by atoms with Gasteiger partial charge in [-0.15, -0.1) is 12.3 Å². The van der Waals surface area contributed by atoms with Gasteiger partial charge in [-0.1, -0.05) is 12.1 Å². The lowest BCUT2D eigenvalue weighted by Crippen LogP contribution is -2.52. The molecule has 2 amide bonds. The van der Waals surface area contributed by atoms with Gasteiger partial charge in [0.05, 0.1) is 0 Å². The molecule has 1 rings (SSSR count). The number of carbonyl (C=O) groups is 3. The number of aliphatic carboxylic acids is 1. The monoisotopic (exact) mass is 376 g/mol. The van der Waals surface area contributed by atoms with E-state index < -0.39 is 35.7 Å². The van der Waals surface area contributed by atoms with Crippen molar-refractivity contribution in [1.82, 2.24) is 10.6 Å². The lowest BCUT2D eigenvalue weighted by molar-refractivity contribution is -0.142. The van der Waals surface area contributed by atoms with E-state index in [9.17, 15) is 24.6 Å². The third kappa shape index (κ3) is 8.14. The van der Waals surface area contributed by atoms with Gasteiger partial charge in [-0.2, -0.15) is 0 Å². The van der Waals surface area contributed by atoms with Gasteiger partial charge >= 0.3 is 12.1 Å². The molecule has 0 spiro atoms. The van der Waals surface area contributed by atoms with Crippen LogP contribution in [0.2, 0.25) is 0 Å². The zero-order valence-corrected chi connectivity index (χ0v) is 15.5. The first-order valence-corrected chi connectivity index (χ1v) is 8.26. The molecule has 146 valence electrons. The number of hydrogen-bond acceptors (Lipinski definition) is 5. The lowest BCUT2D eigenvalue weighted by Gasteiger charge is -2.23. The molecular formula is C19H24N2O6. The van der Waals surface area contributed by atoms with Crippen LogP contribution in [0.1, 0.15) is 32.8 Å². The number of phenols is 1. The molecule has 27 heavy (non-hydrogen) atoms. The van der Waals surface area contributed by atoms with Gasteiger partial charge in [0.25, 0.3) is 0 Å². The number of hydrogen-bond donors (Lipinski definition) is 4. The molecule has 4 N–H and O–H groups in total. The largest absolute Gasteiger partial charge is 0.508 e. The van der Waals surface area contributed by atoms with E-state index >= 15 is 0 Å². The first-order chi connectivity index (χ1) is 12.5. The van der Waals surface area contributed by atoms with E-state index in [1.54, 1.807) is 32.9 Å². The highest BCUT2D eigenvalue weighted by molar-refractivity contribution is 5.89. The van der Waals surface area contributed by atoms with E-state index in [2.05, 4.69) is 16.6 Å². The number of carbonyl (C=O) groups excluding carboxylic acids is 2. The maximum atomic E-state index is 12.4. The van der Waals surface area contributed by atoms with Crippen LogP contribution in [0.4, 0.5) is 4.79 Å². The minimum Gasteiger partial charge on any atom is -0.508 e. The van der Waals surface area contributed by atoms with Gasteiger partial charge in [-0.25, -0.2) is 9.59 Å². The number of alkyl carbamates (subject to hydrolysis) is 1. The highest BCUT2D eigenvalue weighted by Gasteiger charge is 2.28. The molecule has 1 aromatic rings. The zero-order valence-electron chi connectivity index (χ0n) is 15.5.